The average Bonchev–Trinajstić information content (AvgIpc) is 1.84. The SMILES string of the molecule is C[C@@H](O)[C@H](N)C(=O)OP. The van der Waals surface area contributed by atoms with E-state index in [0.717, 1.165) is 0 Å². The molecule has 0 rings (SSSR count). The quantitative estimate of drug-likeness (QED) is 0.498. The lowest BCUT2D eigenvalue weighted by atomic mass is 10.2. The largest absolute Gasteiger partial charge is 0.450 e. The second-order valence-corrected chi connectivity index (χ2v) is 1.94. The maximum Gasteiger partial charge on any atom is 0.327 e. The molecule has 0 bridgehead atoms. The molecule has 0 saturated carbocycles. The van der Waals surface area contributed by atoms with E-state index in [1.165, 1.54) is 6.92 Å². The fourth-order valence-electron chi connectivity index (χ4n) is 0.276. The Morgan fingerprint density at radius 3 is 2.44 bits per heavy atom. The molecule has 9 heavy (non-hydrogen) atoms. The van der Waals surface area contributed by atoms with Crippen molar-refractivity contribution in [2.45, 2.75) is 19.1 Å². The van der Waals surface area contributed by atoms with E-state index in [2.05, 4.69) is 4.52 Å². The third-order valence-electron chi connectivity index (χ3n) is 0.908. The van der Waals surface area contributed by atoms with Crippen molar-refractivity contribution in [3.63, 3.8) is 0 Å². The van der Waals surface area contributed by atoms with Gasteiger partial charge in [-0.05, 0) is 6.92 Å². The number of nitrogens with two attached hydrogens (primary N) is 1. The minimum atomic E-state index is -0.942. The van der Waals surface area contributed by atoms with Crippen LogP contribution in [0.2, 0.25) is 0 Å². The Morgan fingerprint density at radius 2 is 2.33 bits per heavy atom. The van der Waals surface area contributed by atoms with Crippen LogP contribution >= 0.6 is 9.47 Å². The van der Waals surface area contributed by atoms with Crippen LogP contribution in [-0.4, -0.2) is 23.2 Å². The molecule has 0 aromatic rings. The van der Waals surface area contributed by atoms with Crippen LogP contribution in [0.3, 0.4) is 0 Å². The number of hydrogen-bond acceptors (Lipinski definition) is 4. The highest BCUT2D eigenvalue weighted by Crippen LogP contribution is 1.95. The summed E-state index contributed by atoms with van der Waals surface area (Å²) in [6, 6.07) is -0.942. The molecule has 1 unspecified atom stereocenters. The second kappa shape index (κ2) is 3.77. The third-order valence-corrected chi connectivity index (χ3v) is 1.14. The fourth-order valence-corrected chi connectivity index (χ4v) is 0.433. The molecular weight excluding hydrogens is 141 g/mol. The fraction of sp³-hybridized carbons (Fsp3) is 0.750. The number of aliphatic hydroxyl groups excluding tert-OH is 1. The molecule has 3 atom stereocenters. The Kier molecular flexibility index (Phi) is 3.70. The molecule has 0 aromatic heterocycles. The van der Waals surface area contributed by atoms with Gasteiger partial charge in [0.15, 0.2) is 0 Å². The van der Waals surface area contributed by atoms with Crippen LogP contribution in [-0.2, 0) is 9.32 Å². The molecule has 0 heterocycles. The van der Waals surface area contributed by atoms with E-state index in [9.17, 15) is 4.79 Å². The van der Waals surface area contributed by atoms with Crippen molar-refractivity contribution in [3.8, 4) is 0 Å². The number of hydrogen-bond donors (Lipinski definition) is 2. The Morgan fingerprint density at radius 1 is 1.89 bits per heavy atom. The van der Waals surface area contributed by atoms with Crippen molar-refractivity contribution in [1.29, 1.82) is 0 Å². The van der Waals surface area contributed by atoms with E-state index < -0.39 is 18.1 Å². The van der Waals surface area contributed by atoms with E-state index in [0.29, 0.717) is 0 Å². The summed E-state index contributed by atoms with van der Waals surface area (Å²) in [5.41, 5.74) is 5.13. The smallest absolute Gasteiger partial charge is 0.327 e. The Bertz CT molecular complexity index is 106. The first-order chi connectivity index (χ1) is 4.09. The van der Waals surface area contributed by atoms with E-state index in [4.69, 9.17) is 10.8 Å². The summed E-state index contributed by atoms with van der Waals surface area (Å²) < 4.78 is 4.17. The molecule has 0 aliphatic heterocycles. The van der Waals surface area contributed by atoms with Crippen LogP contribution in [0.5, 0.6) is 0 Å². The van der Waals surface area contributed by atoms with E-state index >= 15 is 0 Å². The number of carbonyl (C=O) groups excluding carboxylic acids is 1. The molecule has 0 aliphatic carbocycles. The molecule has 3 N–H and O–H groups in total. The van der Waals surface area contributed by atoms with Crippen LogP contribution in [0.25, 0.3) is 0 Å². The second-order valence-electron chi connectivity index (χ2n) is 1.70. The minimum Gasteiger partial charge on any atom is -0.450 e. The Labute approximate surface area is 55.7 Å². The Balaban J connectivity index is 3.72. The molecule has 0 amide bonds. The van der Waals surface area contributed by atoms with Gasteiger partial charge in [-0.3, -0.25) is 4.79 Å². The summed E-state index contributed by atoms with van der Waals surface area (Å²) in [6.07, 6.45) is -0.863. The van der Waals surface area contributed by atoms with Gasteiger partial charge >= 0.3 is 5.97 Å². The van der Waals surface area contributed by atoms with Crippen molar-refractivity contribution < 1.29 is 14.4 Å². The summed E-state index contributed by atoms with van der Waals surface area (Å²) in [4.78, 5) is 10.4. The molecule has 5 heteroatoms. The zero-order chi connectivity index (χ0) is 7.44. The topological polar surface area (TPSA) is 72.5 Å². The highest BCUT2D eigenvalue weighted by Gasteiger charge is 2.18. The number of aliphatic hydroxyl groups is 1. The standard InChI is InChI=1S/C4H10NO3P/c1-2(6)3(5)4(7)8-9/h2-3,6H,5,9H2,1H3/t2-,3+/m1/s1. The van der Waals surface area contributed by atoms with Gasteiger partial charge in [-0.2, -0.15) is 0 Å². The maximum atomic E-state index is 10.4. The van der Waals surface area contributed by atoms with Crippen molar-refractivity contribution >= 4 is 15.4 Å². The predicted octanol–water partition coefficient (Wildman–Crippen LogP) is -0.972. The molecule has 54 valence electrons. The lowest BCUT2D eigenvalue weighted by molar-refractivity contribution is -0.136. The van der Waals surface area contributed by atoms with Gasteiger partial charge in [0.1, 0.15) is 6.04 Å². The normalized spacial score (nSPS) is 16.4. The van der Waals surface area contributed by atoms with Crippen molar-refractivity contribution in [1.82, 2.24) is 0 Å². The van der Waals surface area contributed by atoms with Crippen LogP contribution < -0.4 is 5.73 Å². The summed E-state index contributed by atoms with van der Waals surface area (Å²) in [7, 11) is 1.77. The van der Waals surface area contributed by atoms with E-state index in [1.807, 2.05) is 0 Å². The predicted molar refractivity (Wildman–Crippen MR) is 35.5 cm³/mol. The number of rotatable bonds is 2. The molecule has 0 radical (unpaired) electrons. The number of carbonyl (C=O) groups is 1. The monoisotopic (exact) mass is 151 g/mol. The molecule has 0 saturated heterocycles. The summed E-state index contributed by atoms with van der Waals surface area (Å²) in [5, 5.41) is 8.69. The summed E-state index contributed by atoms with van der Waals surface area (Å²) in [6.45, 7) is 1.42. The highest BCUT2D eigenvalue weighted by atomic mass is 31.0. The van der Waals surface area contributed by atoms with Gasteiger partial charge in [-0.15, -0.1) is 0 Å². The lowest BCUT2D eigenvalue weighted by Gasteiger charge is -2.10. The zero-order valence-corrected chi connectivity index (χ0v) is 6.23. The van der Waals surface area contributed by atoms with Gasteiger partial charge in [-0.1, -0.05) is 0 Å². The molecule has 0 spiro atoms. The first-order valence-corrected chi connectivity index (χ1v) is 2.91. The highest BCUT2D eigenvalue weighted by molar-refractivity contribution is 7.10. The maximum absolute atomic E-state index is 10.4. The van der Waals surface area contributed by atoms with Crippen LogP contribution in [0, 0.1) is 0 Å². The van der Waals surface area contributed by atoms with Crippen molar-refractivity contribution in [2.75, 3.05) is 0 Å². The van der Waals surface area contributed by atoms with Gasteiger partial charge < -0.3 is 15.4 Å². The zero-order valence-electron chi connectivity index (χ0n) is 5.07. The van der Waals surface area contributed by atoms with Crippen molar-refractivity contribution in [3.05, 3.63) is 0 Å². The van der Waals surface area contributed by atoms with Gasteiger partial charge in [0.05, 0.1) is 15.6 Å². The summed E-state index contributed by atoms with van der Waals surface area (Å²) in [5.74, 6) is -0.630. The van der Waals surface area contributed by atoms with Crippen LogP contribution in [0.15, 0.2) is 0 Å². The molecule has 0 aliphatic rings. The van der Waals surface area contributed by atoms with E-state index in [-0.39, 0.29) is 0 Å². The van der Waals surface area contributed by atoms with E-state index in [1.54, 1.807) is 9.47 Å². The minimum absolute atomic E-state index is 0.630. The van der Waals surface area contributed by atoms with Crippen LogP contribution in [0.1, 0.15) is 6.92 Å². The average molecular weight is 151 g/mol. The van der Waals surface area contributed by atoms with Crippen LogP contribution in [0.4, 0.5) is 0 Å². The first kappa shape index (κ1) is 8.82. The van der Waals surface area contributed by atoms with Gasteiger partial charge in [0.2, 0.25) is 0 Å². The molecule has 4 nitrogen and oxygen atoms in total. The molecular formula is C4H10NO3P. The third kappa shape index (κ3) is 2.75. The van der Waals surface area contributed by atoms with Gasteiger partial charge in [-0.25, -0.2) is 0 Å². The lowest BCUT2D eigenvalue weighted by Crippen LogP contribution is -2.40. The van der Waals surface area contributed by atoms with Gasteiger partial charge in [0, 0.05) is 0 Å². The molecule has 0 fully saturated rings. The summed E-state index contributed by atoms with van der Waals surface area (Å²) >= 11 is 0. The first-order valence-electron chi connectivity index (χ1n) is 2.43. The Hall–Kier alpha value is -0.180. The molecule has 0 aromatic carbocycles. The van der Waals surface area contributed by atoms with Gasteiger partial charge in [0.25, 0.3) is 0 Å². The van der Waals surface area contributed by atoms with Crippen molar-refractivity contribution in [2.24, 2.45) is 5.73 Å².